The molecule has 6 nitrogen and oxygen atoms in total. The molecule has 2 aromatic heterocycles. The molecule has 0 saturated heterocycles. The highest BCUT2D eigenvalue weighted by atomic mass is 32.2. The second-order valence-electron chi connectivity index (χ2n) is 6.74. The largest absolute Gasteiger partial charge is 0.772 e. The molecule has 7 heteroatoms. The van der Waals surface area contributed by atoms with Crippen molar-refractivity contribution in [3.63, 3.8) is 0 Å². The molecule has 0 spiro atoms. The lowest BCUT2D eigenvalue weighted by molar-refractivity contribution is 0.499. The number of nitrogens with one attached hydrogen (secondary N) is 2. The maximum absolute atomic E-state index is 11.7. The normalized spacial score (nSPS) is 13.2. The number of anilines is 2. The quantitative estimate of drug-likeness (QED) is 0.694. The van der Waals surface area contributed by atoms with Gasteiger partial charge in [0.2, 0.25) is 0 Å². The van der Waals surface area contributed by atoms with Crippen molar-refractivity contribution in [2.45, 2.75) is 39.4 Å². The van der Waals surface area contributed by atoms with E-state index in [-0.39, 0.29) is 0 Å². The van der Waals surface area contributed by atoms with Crippen molar-refractivity contribution in [1.29, 1.82) is 0 Å². The van der Waals surface area contributed by atoms with Crippen LogP contribution in [0.1, 0.15) is 36.2 Å². The first-order valence-electron chi connectivity index (χ1n) is 7.99. The molecule has 0 bridgehead atoms. The average Bonchev–Trinajstić information content (AvgIpc) is 2.86. The molecule has 0 fully saturated rings. The Morgan fingerprint density at radius 1 is 1.24 bits per heavy atom. The molecule has 2 heterocycles. The van der Waals surface area contributed by atoms with Crippen LogP contribution in [0.15, 0.2) is 24.4 Å². The monoisotopic (exact) mass is 357 g/mol. The van der Waals surface area contributed by atoms with Crippen LogP contribution in [0.2, 0.25) is 0 Å². The smallest absolute Gasteiger partial charge is 0.155 e. The summed E-state index contributed by atoms with van der Waals surface area (Å²) in [7, 11) is 0. The van der Waals surface area contributed by atoms with Crippen LogP contribution in [0, 0.1) is 20.8 Å². The van der Waals surface area contributed by atoms with Gasteiger partial charge in [-0.25, -0.2) is 0 Å². The number of hydrogen-bond acceptors (Lipinski definition) is 5. The molecule has 1 atom stereocenters. The Bertz CT molecular complexity index is 979. The predicted molar refractivity (Wildman–Crippen MR) is 99.8 cm³/mol. The Hall–Kier alpha value is -2.25. The Morgan fingerprint density at radius 2 is 1.96 bits per heavy atom. The summed E-state index contributed by atoms with van der Waals surface area (Å²) in [6.45, 7) is 9.27. The van der Waals surface area contributed by atoms with Gasteiger partial charge in [0, 0.05) is 22.8 Å². The zero-order valence-corrected chi connectivity index (χ0v) is 15.7. The molecule has 0 aliphatic carbocycles. The highest BCUT2D eigenvalue weighted by Crippen LogP contribution is 2.34. The number of pyridine rings is 1. The lowest BCUT2D eigenvalue weighted by Crippen LogP contribution is -2.24. The van der Waals surface area contributed by atoms with Gasteiger partial charge in [0.15, 0.2) is 5.82 Å². The fourth-order valence-corrected chi connectivity index (χ4v) is 3.28. The highest BCUT2D eigenvalue weighted by molar-refractivity contribution is 7.80. The van der Waals surface area contributed by atoms with Gasteiger partial charge >= 0.3 is 0 Å². The van der Waals surface area contributed by atoms with Crippen molar-refractivity contribution in [2.75, 3.05) is 5.32 Å². The zero-order valence-electron chi connectivity index (χ0n) is 14.9. The second-order valence-corrected chi connectivity index (χ2v) is 8.23. The number of hydrogen-bond donors (Lipinski definition) is 2. The number of aromatic nitrogens is 3. The van der Waals surface area contributed by atoms with E-state index < -0.39 is 15.8 Å². The van der Waals surface area contributed by atoms with Crippen molar-refractivity contribution in [3.8, 4) is 0 Å². The summed E-state index contributed by atoms with van der Waals surface area (Å²) in [5, 5.41) is 11.4. The number of H-pyrrole nitrogens is 1. The minimum absolute atomic E-state index is 0.749. The third-order valence-corrected chi connectivity index (χ3v) is 5.71. The van der Waals surface area contributed by atoms with E-state index in [9.17, 15) is 8.76 Å². The van der Waals surface area contributed by atoms with Crippen molar-refractivity contribution in [1.82, 2.24) is 15.2 Å². The van der Waals surface area contributed by atoms with E-state index in [0.717, 1.165) is 44.8 Å². The topological polar surface area (TPSA) is 93.7 Å². The molecule has 0 radical (unpaired) electrons. The van der Waals surface area contributed by atoms with Gasteiger partial charge in [-0.2, -0.15) is 5.10 Å². The number of aromatic amines is 1. The van der Waals surface area contributed by atoms with E-state index in [0.29, 0.717) is 0 Å². The molecule has 132 valence electrons. The highest BCUT2D eigenvalue weighted by Gasteiger charge is 2.25. The van der Waals surface area contributed by atoms with Crippen molar-refractivity contribution in [2.24, 2.45) is 0 Å². The van der Waals surface area contributed by atoms with Crippen molar-refractivity contribution in [3.05, 3.63) is 46.8 Å². The van der Waals surface area contributed by atoms with Crippen LogP contribution < -0.4 is 5.32 Å². The van der Waals surface area contributed by atoms with Crippen LogP contribution in [-0.4, -0.2) is 23.9 Å². The molecule has 0 aliphatic rings. The summed E-state index contributed by atoms with van der Waals surface area (Å²) in [6.07, 6.45) is 1.73. The van der Waals surface area contributed by atoms with E-state index in [2.05, 4.69) is 20.5 Å². The molecule has 1 aromatic carbocycles. The van der Waals surface area contributed by atoms with Crippen LogP contribution in [0.25, 0.3) is 10.9 Å². The second kappa shape index (κ2) is 6.24. The van der Waals surface area contributed by atoms with Gasteiger partial charge in [-0.3, -0.25) is 14.3 Å². The molecule has 3 aromatic rings. The first kappa shape index (κ1) is 17.6. The van der Waals surface area contributed by atoms with Gasteiger partial charge in [0.1, 0.15) is 0 Å². The maximum atomic E-state index is 11.7. The minimum Gasteiger partial charge on any atom is -0.772 e. The molecule has 3 rings (SSSR count). The van der Waals surface area contributed by atoms with Crippen LogP contribution >= 0.6 is 0 Å². The van der Waals surface area contributed by atoms with Crippen LogP contribution in [0.3, 0.4) is 0 Å². The van der Waals surface area contributed by atoms with Crippen molar-refractivity contribution >= 4 is 33.5 Å². The van der Waals surface area contributed by atoms with Gasteiger partial charge in [-0.15, -0.1) is 0 Å². The third kappa shape index (κ3) is 3.05. The van der Waals surface area contributed by atoms with Crippen LogP contribution in [0.4, 0.5) is 11.5 Å². The predicted octanol–water partition coefficient (Wildman–Crippen LogP) is 3.74. The Labute approximate surface area is 149 Å². The Balaban J connectivity index is 2.17. The summed E-state index contributed by atoms with van der Waals surface area (Å²) in [4.78, 5) is 4.42. The van der Waals surface area contributed by atoms with Gasteiger partial charge in [-0.1, -0.05) is 0 Å². The molecular weight excluding hydrogens is 336 g/mol. The first-order valence-corrected chi connectivity index (χ1v) is 9.07. The number of rotatable bonds is 4. The molecular formula is C18H21N4O2S-. The summed E-state index contributed by atoms with van der Waals surface area (Å²) >= 11 is -2.23. The standard InChI is InChI=1S/C18H22N4O2S/c1-10-8-16-13(9-14(10)18(4,5)25(23)24)15(6-7-19-16)20-17-11(2)12(3)21-22-17/h6-9H,1-5H3,(H,23,24)(H2,19,20,21,22)/p-1. The lowest BCUT2D eigenvalue weighted by atomic mass is 9.94. The first-order chi connectivity index (χ1) is 11.7. The van der Waals surface area contributed by atoms with E-state index in [1.165, 1.54) is 0 Å². The number of nitrogens with zero attached hydrogens (tertiary/aromatic N) is 2. The van der Waals surface area contributed by atoms with Gasteiger partial charge in [0.25, 0.3) is 0 Å². The Kier molecular flexibility index (Phi) is 4.38. The summed E-state index contributed by atoms with van der Waals surface area (Å²) in [5.74, 6) is 0.749. The molecule has 0 aliphatic heterocycles. The minimum atomic E-state index is -2.23. The molecule has 1 unspecified atom stereocenters. The average molecular weight is 357 g/mol. The SMILES string of the molecule is Cc1cc2nccc(Nc3n[nH]c(C)c3C)c2cc1C(C)(C)S(=O)[O-]. The fraction of sp³-hybridized carbons (Fsp3) is 0.333. The van der Waals surface area contributed by atoms with Crippen LogP contribution in [-0.2, 0) is 15.8 Å². The van der Waals surface area contributed by atoms with Crippen LogP contribution in [0.5, 0.6) is 0 Å². The molecule has 0 amide bonds. The van der Waals surface area contributed by atoms with Crippen molar-refractivity contribution < 1.29 is 8.76 Å². The van der Waals surface area contributed by atoms with Gasteiger partial charge in [0.05, 0.1) is 16.0 Å². The fourth-order valence-electron chi connectivity index (χ4n) is 2.88. The van der Waals surface area contributed by atoms with E-state index in [1.807, 2.05) is 39.0 Å². The lowest BCUT2D eigenvalue weighted by Gasteiger charge is -2.30. The Morgan fingerprint density at radius 3 is 2.56 bits per heavy atom. The van der Waals surface area contributed by atoms with Gasteiger partial charge < -0.3 is 9.87 Å². The zero-order chi connectivity index (χ0) is 18.4. The summed E-state index contributed by atoms with van der Waals surface area (Å²) in [5.41, 5.74) is 5.35. The summed E-state index contributed by atoms with van der Waals surface area (Å²) in [6, 6.07) is 5.70. The molecule has 0 saturated carbocycles. The third-order valence-electron chi connectivity index (χ3n) is 4.66. The van der Waals surface area contributed by atoms with Gasteiger partial charge in [-0.05, 0) is 75.0 Å². The molecule has 2 N–H and O–H groups in total. The number of fused-ring (bicyclic) bond motifs is 1. The number of aryl methyl sites for hydroxylation is 2. The molecule has 25 heavy (non-hydrogen) atoms. The van der Waals surface area contributed by atoms with E-state index in [1.54, 1.807) is 20.0 Å². The van der Waals surface area contributed by atoms with E-state index >= 15 is 0 Å². The maximum Gasteiger partial charge on any atom is 0.155 e. The summed E-state index contributed by atoms with van der Waals surface area (Å²) < 4.78 is 22.4. The number of benzene rings is 1. The van der Waals surface area contributed by atoms with E-state index in [4.69, 9.17) is 0 Å².